The topological polar surface area (TPSA) is 49.0 Å². The van der Waals surface area contributed by atoms with Crippen LogP contribution in [-0.2, 0) is 4.79 Å². The molecule has 1 aliphatic rings. The molecule has 1 N–H and O–H groups in total. The fraction of sp³-hybridized carbons (Fsp3) is 0.517. The van der Waals surface area contributed by atoms with Gasteiger partial charge >= 0.3 is 0 Å². The summed E-state index contributed by atoms with van der Waals surface area (Å²) in [5.41, 5.74) is 8.53. The molecular formula is C29H39N3O. The number of aromatic amines is 1. The van der Waals surface area contributed by atoms with Crippen LogP contribution in [0.3, 0.4) is 0 Å². The number of aryl methyl sites for hydroxylation is 2. The predicted molar refractivity (Wildman–Crippen MR) is 138 cm³/mol. The number of nitrogens with zero attached hydrogens (tertiary/aromatic N) is 2. The van der Waals surface area contributed by atoms with Crippen molar-refractivity contribution in [3.8, 4) is 11.3 Å². The Labute approximate surface area is 198 Å². The Morgan fingerprint density at radius 1 is 1.06 bits per heavy atom. The van der Waals surface area contributed by atoms with Crippen molar-refractivity contribution in [2.75, 3.05) is 13.1 Å². The minimum Gasteiger partial charge on any atom is -0.354 e. The number of likely N-dealkylation sites (tertiary alicyclic amines) is 1. The molecule has 0 aliphatic carbocycles. The fourth-order valence-electron chi connectivity index (χ4n) is 5.62. The lowest BCUT2D eigenvalue weighted by Gasteiger charge is -2.34. The SMILES string of the molecule is CCC(CC)C(=O)N1CCC(c2ccc3[nH]c(-c4cc(C)nc(C)c4)c(C(C)C)c3c2)CC1. The summed E-state index contributed by atoms with van der Waals surface area (Å²) in [7, 11) is 0. The van der Waals surface area contributed by atoms with Gasteiger partial charge in [0.25, 0.3) is 0 Å². The maximum atomic E-state index is 12.8. The molecular weight excluding hydrogens is 406 g/mol. The summed E-state index contributed by atoms with van der Waals surface area (Å²) >= 11 is 0. The lowest BCUT2D eigenvalue weighted by Crippen LogP contribution is -2.41. The molecule has 1 amide bonds. The van der Waals surface area contributed by atoms with Gasteiger partial charge in [0.2, 0.25) is 5.91 Å². The summed E-state index contributed by atoms with van der Waals surface area (Å²) in [4.78, 5) is 23.2. The van der Waals surface area contributed by atoms with Crippen LogP contribution in [0.2, 0.25) is 0 Å². The summed E-state index contributed by atoms with van der Waals surface area (Å²) < 4.78 is 0. The van der Waals surface area contributed by atoms with Crippen molar-refractivity contribution < 1.29 is 4.79 Å². The number of rotatable bonds is 6. The van der Waals surface area contributed by atoms with E-state index in [-0.39, 0.29) is 5.92 Å². The van der Waals surface area contributed by atoms with Crippen LogP contribution >= 0.6 is 0 Å². The number of nitrogens with one attached hydrogen (secondary N) is 1. The first-order chi connectivity index (χ1) is 15.8. The van der Waals surface area contributed by atoms with Crippen molar-refractivity contribution in [2.24, 2.45) is 5.92 Å². The molecule has 0 radical (unpaired) electrons. The number of aromatic nitrogens is 2. The molecule has 4 heteroatoms. The average Bonchev–Trinajstić information content (AvgIpc) is 3.18. The quantitative estimate of drug-likeness (QED) is 0.439. The molecule has 176 valence electrons. The van der Waals surface area contributed by atoms with Crippen molar-refractivity contribution in [3.05, 3.63) is 52.8 Å². The second-order valence-corrected chi connectivity index (χ2v) is 10.1. The molecule has 1 aliphatic heterocycles. The Bertz CT molecular complexity index is 1110. The first-order valence-corrected chi connectivity index (χ1v) is 12.7. The molecule has 0 unspecified atom stereocenters. The van der Waals surface area contributed by atoms with Crippen molar-refractivity contribution in [3.63, 3.8) is 0 Å². The number of hydrogen-bond donors (Lipinski definition) is 1. The zero-order chi connectivity index (χ0) is 23.7. The van der Waals surface area contributed by atoms with Crippen LogP contribution in [0.15, 0.2) is 30.3 Å². The highest BCUT2D eigenvalue weighted by atomic mass is 16.2. The number of piperidine rings is 1. The van der Waals surface area contributed by atoms with E-state index >= 15 is 0 Å². The molecule has 1 fully saturated rings. The van der Waals surface area contributed by atoms with E-state index in [1.165, 1.54) is 33.3 Å². The third kappa shape index (κ3) is 4.71. The first kappa shape index (κ1) is 23.5. The van der Waals surface area contributed by atoms with E-state index in [9.17, 15) is 4.79 Å². The zero-order valence-electron chi connectivity index (χ0n) is 21.2. The highest BCUT2D eigenvalue weighted by Crippen LogP contribution is 2.38. The minimum atomic E-state index is 0.185. The predicted octanol–water partition coefficient (Wildman–Crippen LogP) is 7.11. The van der Waals surface area contributed by atoms with Crippen molar-refractivity contribution >= 4 is 16.8 Å². The molecule has 33 heavy (non-hydrogen) atoms. The molecule has 4 rings (SSSR count). The van der Waals surface area contributed by atoms with Crippen molar-refractivity contribution in [1.82, 2.24) is 14.9 Å². The molecule has 0 atom stereocenters. The summed E-state index contributed by atoms with van der Waals surface area (Å²) in [6.45, 7) is 14.7. The Morgan fingerprint density at radius 2 is 1.70 bits per heavy atom. The van der Waals surface area contributed by atoms with E-state index in [2.05, 4.69) is 86.7 Å². The van der Waals surface area contributed by atoms with Gasteiger partial charge in [0.15, 0.2) is 0 Å². The second-order valence-electron chi connectivity index (χ2n) is 10.1. The van der Waals surface area contributed by atoms with Gasteiger partial charge in [-0.15, -0.1) is 0 Å². The lowest BCUT2D eigenvalue weighted by molar-refractivity contribution is -0.136. The normalized spacial score (nSPS) is 15.2. The van der Waals surface area contributed by atoms with Crippen LogP contribution in [0.4, 0.5) is 0 Å². The van der Waals surface area contributed by atoms with E-state index in [4.69, 9.17) is 0 Å². The Kier molecular flexibility index (Phi) is 6.92. The van der Waals surface area contributed by atoms with Crippen molar-refractivity contribution in [2.45, 2.75) is 79.1 Å². The zero-order valence-corrected chi connectivity index (χ0v) is 21.2. The minimum absolute atomic E-state index is 0.185. The van der Waals surface area contributed by atoms with Gasteiger partial charge in [-0.1, -0.05) is 33.8 Å². The highest BCUT2D eigenvalue weighted by Gasteiger charge is 2.27. The van der Waals surface area contributed by atoms with Gasteiger partial charge in [0.05, 0.1) is 5.69 Å². The molecule has 2 aromatic heterocycles. The number of benzene rings is 1. The van der Waals surface area contributed by atoms with Crippen LogP contribution in [0, 0.1) is 19.8 Å². The monoisotopic (exact) mass is 445 g/mol. The summed E-state index contributed by atoms with van der Waals surface area (Å²) in [6.07, 6.45) is 3.98. The molecule has 0 saturated carbocycles. The Balaban J connectivity index is 1.62. The smallest absolute Gasteiger partial charge is 0.225 e. The third-order valence-corrected chi connectivity index (χ3v) is 7.42. The fourth-order valence-corrected chi connectivity index (χ4v) is 5.62. The van der Waals surface area contributed by atoms with Crippen LogP contribution in [-0.4, -0.2) is 33.9 Å². The number of carbonyl (C=O) groups is 1. The summed E-state index contributed by atoms with van der Waals surface area (Å²) in [6, 6.07) is 11.3. The molecule has 4 nitrogen and oxygen atoms in total. The summed E-state index contributed by atoms with van der Waals surface area (Å²) in [5.74, 6) is 1.47. The van der Waals surface area contributed by atoms with E-state index in [1.807, 2.05) is 0 Å². The molecule has 1 saturated heterocycles. The van der Waals surface area contributed by atoms with Crippen LogP contribution < -0.4 is 0 Å². The molecule has 3 heterocycles. The standard InChI is InChI=1S/C29H39N3O/c1-7-21(8-2)29(33)32-13-11-22(12-14-32)23-9-10-26-25(17-23)27(18(3)4)28(31-26)24-15-19(5)30-20(6)16-24/h9-10,15-18,21-22,31H,7-8,11-14H2,1-6H3. The van der Waals surface area contributed by atoms with Crippen LogP contribution in [0.1, 0.15) is 87.7 Å². The molecule has 0 spiro atoms. The van der Waals surface area contributed by atoms with E-state index in [0.717, 1.165) is 50.2 Å². The number of H-pyrrole nitrogens is 1. The largest absolute Gasteiger partial charge is 0.354 e. The Hall–Kier alpha value is -2.62. The van der Waals surface area contributed by atoms with Gasteiger partial charge in [-0.2, -0.15) is 0 Å². The van der Waals surface area contributed by atoms with Gasteiger partial charge in [-0.25, -0.2) is 0 Å². The molecule has 0 bridgehead atoms. The van der Waals surface area contributed by atoms with Crippen LogP contribution in [0.5, 0.6) is 0 Å². The number of amides is 1. The maximum absolute atomic E-state index is 12.8. The van der Waals surface area contributed by atoms with E-state index < -0.39 is 0 Å². The van der Waals surface area contributed by atoms with Crippen LogP contribution in [0.25, 0.3) is 22.2 Å². The molecule has 1 aromatic carbocycles. The van der Waals surface area contributed by atoms with Crippen molar-refractivity contribution in [1.29, 1.82) is 0 Å². The van der Waals surface area contributed by atoms with Gasteiger partial charge < -0.3 is 9.88 Å². The second kappa shape index (κ2) is 9.70. The number of pyridine rings is 1. The first-order valence-electron chi connectivity index (χ1n) is 12.7. The van der Waals surface area contributed by atoms with Gasteiger partial charge in [-0.3, -0.25) is 9.78 Å². The van der Waals surface area contributed by atoms with Gasteiger partial charge in [0, 0.05) is 46.9 Å². The Morgan fingerprint density at radius 3 is 2.27 bits per heavy atom. The number of carbonyl (C=O) groups excluding carboxylic acids is 1. The number of hydrogen-bond acceptors (Lipinski definition) is 2. The maximum Gasteiger partial charge on any atom is 0.225 e. The van der Waals surface area contributed by atoms with E-state index in [1.54, 1.807) is 0 Å². The van der Waals surface area contributed by atoms with Gasteiger partial charge in [0.1, 0.15) is 0 Å². The highest BCUT2D eigenvalue weighted by molar-refractivity contribution is 5.92. The van der Waals surface area contributed by atoms with Gasteiger partial charge in [-0.05, 0) is 86.8 Å². The third-order valence-electron chi connectivity index (χ3n) is 7.42. The van der Waals surface area contributed by atoms with E-state index in [0.29, 0.717) is 17.7 Å². The average molecular weight is 446 g/mol. The number of fused-ring (bicyclic) bond motifs is 1. The lowest BCUT2D eigenvalue weighted by atomic mass is 9.87. The molecule has 3 aromatic rings. The summed E-state index contributed by atoms with van der Waals surface area (Å²) in [5, 5.41) is 1.33.